The molecule has 92 valence electrons. The molecule has 0 radical (unpaired) electrons. The molecule has 0 bridgehead atoms. The summed E-state index contributed by atoms with van der Waals surface area (Å²) in [5.74, 6) is -0.368. The van der Waals surface area contributed by atoms with Gasteiger partial charge in [0.2, 0.25) is 0 Å². The minimum atomic E-state index is -1.00. The fraction of sp³-hybridized carbons (Fsp3) is 0.0769. The molecular weight excluding hydrogens is 254 g/mol. The molecule has 0 spiro atoms. The number of nitrogens with zero attached hydrogens (tertiary/aromatic N) is 1. The molecule has 0 aliphatic heterocycles. The van der Waals surface area contributed by atoms with Gasteiger partial charge >= 0.3 is 5.97 Å². The topological polar surface area (TPSA) is 59.4 Å². The lowest BCUT2D eigenvalue weighted by atomic mass is 10.1. The zero-order valence-electron chi connectivity index (χ0n) is 9.34. The van der Waals surface area contributed by atoms with Gasteiger partial charge in [0, 0.05) is 16.8 Å². The lowest BCUT2D eigenvalue weighted by Gasteiger charge is -2.07. The maximum atomic E-state index is 10.7. The van der Waals surface area contributed by atoms with Crippen LogP contribution in [0.25, 0.3) is 0 Å². The second kappa shape index (κ2) is 5.51. The zero-order valence-corrected chi connectivity index (χ0v) is 10.1. The Morgan fingerprint density at radius 1 is 1.39 bits per heavy atom. The van der Waals surface area contributed by atoms with Crippen molar-refractivity contribution in [3.8, 4) is 5.75 Å². The van der Waals surface area contributed by atoms with E-state index >= 15 is 0 Å². The third-order valence-electron chi connectivity index (χ3n) is 2.33. The molecule has 1 N–H and O–H groups in total. The van der Waals surface area contributed by atoms with Crippen LogP contribution in [0.1, 0.15) is 15.9 Å². The molecule has 0 saturated carbocycles. The summed E-state index contributed by atoms with van der Waals surface area (Å²) < 4.78 is 5.48. The van der Waals surface area contributed by atoms with Gasteiger partial charge in [0.1, 0.15) is 12.4 Å². The number of carboxylic acid groups (broad SMARTS) is 1. The molecule has 0 aliphatic rings. The Morgan fingerprint density at radius 2 is 2.22 bits per heavy atom. The number of carbonyl (C=O) groups is 1. The van der Waals surface area contributed by atoms with E-state index in [1.54, 1.807) is 30.6 Å². The molecule has 2 aromatic rings. The van der Waals surface area contributed by atoms with Gasteiger partial charge in [-0.3, -0.25) is 4.98 Å². The number of hydrogen-bond donors (Lipinski definition) is 1. The highest BCUT2D eigenvalue weighted by Crippen LogP contribution is 2.20. The zero-order chi connectivity index (χ0) is 13.0. The number of aromatic nitrogens is 1. The van der Waals surface area contributed by atoms with Crippen LogP contribution in [0.2, 0.25) is 5.02 Å². The number of benzene rings is 1. The van der Waals surface area contributed by atoms with E-state index in [1.165, 1.54) is 12.1 Å². The second-order valence-electron chi connectivity index (χ2n) is 3.59. The van der Waals surface area contributed by atoms with E-state index in [0.29, 0.717) is 10.8 Å². The summed E-state index contributed by atoms with van der Waals surface area (Å²) in [7, 11) is 0. The number of hydrogen-bond acceptors (Lipinski definition) is 3. The average molecular weight is 264 g/mol. The summed E-state index contributed by atoms with van der Waals surface area (Å²) in [5, 5.41) is 9.18. The first-order valence-corrected chi connectivity index (χ1v) is 5.59. The molecule has 0 fully saturated rings. The Balaban J connectivity index is 2.08. The molecule has 0 saturated heterocycles. The van der Waals surface area contributed by atoms with Crippen LogP contribution in [-0.4, -0.2) is 16.1 Å². The van der Waals surface area contributed by atoms with Crippen LogP contribution >= 0.6 is 11.6 Å². The lowest BCUT2D eigenvalue weighted by Crippen LogP contribution is -2.00. The summed E-state index contributed by atoms with van der Waals surface area (Å²) in [5.41, 5.74) is 0.885. The molecule has 1 aromatic carbocycles. The SMILES string of the molecule is O=C(O)c1ccc(COc2cccnc2)c(Cl)c1. The smallest absolute Gasteiger partial charge is 0.335 e. The third kappa shape index (κ3) is 2.99. The number of pyridine rings is 1. The van der Waals surface area contributed by atoms with Crippen molar-refractivity contribution in [2.24, 2.45) is 0 Å². The maximum Gasteiger partial charge on any atom is 0.335 e. The number of ether oxygens (including phenoxy) is 1. The Labute approximate surface area is 109 Å². The molecule has 0 aliphatic carbocycles. The average Bonchev–Trinajstić information content (AvgIpc) is 2.38. The molecule has 2 rings (SSSR count). The Hall–Kier alpha value is -2.07. The summed E-state index contributed by atoms with van der Waals surface area (Å²) in [4.78, 5) is 14.7. The Bertz CT molecular complexity index is 557. The van der Waals surface area contributed by atoms with E-state index in [9.17, 15) is 4.79 Å². The minimum absolute atomic E-state index is 0.158. The van der Waals surface area contributed by atoms with Crippen molar-refractivity contribution in [2.75, 3.05) is 0 Å². The van der Waals surface area contributed by atoms with E-state index in [2.05, 4.69) is 4.98 Å². The quantitative estimate of drug-likeness (QED) is 0.921. The number of halogens is 1. The summed E-state index contributed by atoms with van der Waals surface area (Å²) in [6.45, 7) is 0.268. The van der Waals surface area contributed by atoms with Crippen LogP contribution in [0, 0.1) is 0 Å². The van der Waals surface area contributed by atoms with E-state index < -0.39 is 5.97 Å². The molecule has 1 heterocycles. The second-order valence-corrected chi connectivity index (χ2v) is 4.00. The van der Waals surface area contributed by atoms with Crippen molar-refractivity contribution < 1.29 is 14.6 Å². The molecule has 0 unspecified atom stereocenters. The molecule has 4 nitrogen and oxygen atoms in total. The van der Waals surface area contributed by atoms with Gasteiger partial charge in [-0.15, -0.1) is 0 Å². The summed E-state index contributed by atoms with van der Waals surface area (Å²) in [6, 6.07) is 8.10. The molecule has 18 heavy (non-hydrogen) atoms. The highest BCUT2D eigenvalue weighted by atomic mass is 35.5. The van der Waals surface area contributed by atoms with E-state index in [0.717, 1.165) is 5.56 Å². The van der Waals surface area contributed by atoms with Gasteiger partial charge in [-0.05, 0) is 24.3 Å². The van der Waals surface area contributed by atoms with Gasteiger partial charge in [0.05, 0.1) is 11.8 Å². The van der Waals surface area contributed by atoms with Gasteiger partial charge in [-0.2, -0.15) is 0 Å². The van der Waals surface area contributed by atoms with Gasteiger partial charge in [0.25, 0.3) is 0 Å². The lowest BCUT2D eigenvalue weighted by molar-refractivity contribution is 0.0697. The Morgan fingerprint density at radius 3 is 2.83 bits per heavy atom. The van der Waals surface area contributed by atoms with Gasteiger partial charge in [-0.25, -0.2) is 4.79 Å². The highest BCUT2D eigenvalue weighted by Gasteiger charge is 2.07. The molecule has 5 heteroatoms. The van der Waals surface area contributed by atoms with Crippen molar-refractivity contribution in [3.63, 3.8) is 0 Å². The molecular formula is C13H10ClNO3. The van der Waals surface area contributed by atoms with E-state index in [1.807, 2.05) is 0 Å². The van der Waals surface area contributed by atoms with Crippen LogP contribution in [0.3, 0.4) is 0 Å². The Kier molecular flexibility index (Phi) is 3.79. The van der Waals surface area contributed by atoms with Crippen molar-refractivity contribution in [2.45, 2.75) is 6.61 Å². The predicted octanol–water partition coefficient (Wildman–Crippen LogP) is 3.01. The van der Waals surface area contributed by atoms with Crippen LogP contribution in [0.15, 0.2) is 42.7 Å². The van der Waals surface area contributed by atoms with Crippen LogP contribution in [0.5, 0.6) is 5.75 Å². The van der Waals surface area contributed by atoms with Crippen LogP contribution < -0.4 is 4.74 Å². The minimum Gasteiger partial charge on any atom is -0.487 e. The summed E-state index contributed by atoms with van der Waals surface area (Å²) >= 11 is 5.98. The van der Waals surface area contributed by atoms with Crippen molar-refractivity contribution in [1.82, 2.24) is 4.98 Å². The van der Waals surface area contributed by atoms with Crippen molar-refractivity contribution in [1.29, 1.82) is 0 Å². The molecule has 1 aromatic heterocycles. The first kappa shape index (κ1) is 12.4. The predicted molar refractivity (Wildman–Crippen MR) is 67.0 cm³/mol. The number of aromatic carboxylic acids is 1. The fourth-order valence-electron chi connectivity index (χ4n) is 1.39. The standard InChI is InChI=1S/C13H10ClNO3/c14-12-6-9(13(16)17)3-4-10(12)8-18-11-2-1-5-15-7-11/h1-7H,8H2,(H,16,17). The van der Waals surface area contributed by atoms with Crippen molar-refractivity contribution in [3.05, 3.63) is 58.9 Å². The van der Waals surface area contributed by atoms with E-state index in [4.69, 9.17) is 21.4 Å². The first-order valence-electron chi connectivity index (χ1n) is 5.21. The monoisotopic (exact) mass is 263 g/mol. The third-order valence-corrected chi connectivity index (χ3v) is 2.68. The number of carboxylic acids is 1. The van der Waals surface area contributed by atoms with Gasteiger partial charge < -0.3 is 9.84 Å². The normalized spacial score (nSPS) is 10.1. The van der Waals surface area contributed by atoms with E-state index in [-0.39, 0.29) is 12.2 Å². The number of rotatable bonds is 4. The fourth-order valence-corrected chi connectivity index (χ4v) is 1.63. The molecule has 0 atom stereocenters. The van der Waals surface area contributed by atoms with Gasteiger partial charge in [0.15, 0.2) is 0 Å². The van der Waals surface area contributed by atoms with Gasteiger partial charge in [-0.1, -0.05) is 17.7 Å². The summed E-state index contributed by atoms with van der Waals surface area (Å²) in [6.07, 6.45) is 3.25. The largest absolute Gasteiger partial charge is 0.487 e. The molecule has 0 amide bonds. The van der Waals surface area contributed by atoms with Crippen molar-refractivity contribution >= 4 is 17.6 Å². The van der Waals surface area contributed by atoms with Crippen LogP contribution in [-0.2, 0) is 6.61 Å². The maximum absolute atomic E-state index is 10.7. The van der Waals surface area contributed by atoms with Crippen LogP contribution in [0.4, 0.5) is 0 Å². The first-order chi connectivity index (χ1) is 8.66. The highest BCUT2D eigenvalue weighted by molar-refractivity contribution is 6.31.